The molecule has 0 spiro atoms. The van der Waals surface area contributed by atoms with Gasteiger partial charge in [0.05, 0.1) is 0 Å². The Bertz CT molecular complexity index is 534. The topological polar surface area (TPSA) is 58.2 Å². The highest BCUT2D eigenvalue weighted by atomic mass is 32.2. The molecule has 1 aromatic heterocycles. The van der Waals surface area contributed by atoms with E-state index < -0.39 is 10.0 Å². The first-order valence-corrected chi connectivity index (χ1v) is 10.3. The summed E-state index contributed by atoms with van der Waals surface area (Å²) >= 11 is 3.39. The third kappa shape index (κ3) is 3.98. The highest BCUT2D eigenvalue weighted by Gasteiger charge is 2.24. The molecule has 1 aliphatic rings. The minimum absolute atomic E-state index is 0.421. The van der Waals surface area contributed by atoms with Crippen LogP contribution in [0.5, 0.6) is 0 Å². The fourth-order valence-electron chi connectivity index (χ4n) is 2.37. The highest BCUT2D eigenvalue weighted by molar-refractivity contribution is 8.00. The van der Waals surface area contributed by atoms with E-state index >= 15 is 0 Å². The van der Waals surface area contributed by atoms with Gasteiger partial charge in [-0.15, -0.1) is 11.3 Å². The molecule has 20 heavy (non-hydrogen) atoms. The molecule has 2 heterocycles. The van der Waals surface area contributed by atoms with Crippen molar-refractivity contribution in [3.63, 3.8) is 0 Å². The van der Waals surface area contributed by atoms with Crippen LogP contribution in [0.15, 0.2) is 10.3 Å². The summed E-state index contributed by atoms with van der Waals surface area (Å²) in [7, 11) is -1.56. The van der Waals surface area contributed by atoms with Crippen LogP contribution < -0.4 is 10.0 Å². The van der Waals surface area contributed by atoms with Crippen molar-refractivity contribution >= 4 is 33.1 Å². The Labute approximate surface area is 129 Å². The number of nitrogens with one attached hydrogen (secondary N) is 2. The first-order valence-electron chi connectivity index (χ1n) is 6.87. The normalized spacial score (nSPS) is 20.2. The summed E-state index contributed by atoms with van der Waals surface area (Å²) in [5.74, 6) is 1.15. The zero-order chi connectivity index (χ0) is 14.6. The first-order chi connectivity index (χ1) is 9.54. The van der Waals surface area contributed by atoms with Crippen molar-refractivity contribution in [1.82, 2.24) is 10.0 Å². The second-order valence-corrected chi connectivity index (χ2v) is 9.12. The maximum atomic E-state index is 12.5. The van der Waals surface area contributed by atoms with E-state index in [0.29, 0.717) is 23.2 Å². The van der Waals surface area contributed by atoms with Crippen LogP contribution in [-0.4, -0.2) is 33.0 Å². The van der Waals surface area contributed by atoms with Crippen LogP contribution >= 0.6 is 23.1 Å². The Morgan fingerprint density at radius 2 is 2.20 bits per heavy atom. The van der Waals surface area contributed by atoms with Crippen molar-refractivity contribution in [3.05, 3.63) is 15.8 Å². The van der Waals surface area contributed by atoms with Gasteiger partial charge in [-0.05, 0) is 43.5 Å². The van der Waals surface area contributed by atoms with E-state index in [0.717, 1.165) is 22.6 Å². The predicted molar refractivity (Wildman–Crippen MR) is 87.1 cm³/mol. The van der Waals surface area contributed by atoms with Crippen molar-refractivity contribution in [3.8, 4) is 0 Å². The van der Waals surface area contributed by atoms with Gasteiger partial charge in [-0.25, -0.2) is 13.1 Å². The van der Waals surface area contributed by atoms with Crippen LogP contribution in [0.4, 0.5) is 0 Å². The van der Waals surface area contributed by atoms with E-state index in [1.54, 1.807) is 0 Å². The van der Waals surface area contributed by atoms with Gasteiger partial charge >= 0.3 is 0 Å². The third-order valence-corrected chi connectivity index (χ3v) is 7.65. The lowest BCUT2D eigenvalue weighted by Gasteiger charge is -2.21. The summed E-state index contributed by atoms with van der Waals surface area (Å²) in [6, 6.07) is 0. The lowest BCUT2D eigenvalue weighted by molar-refractivity contribution is 0.572. The van der Waals surface area contributed by atoms with Gasteiger partial charge in [0.1, 0.15) is 4.90 Å². The lowest BCUT2D eigenvalue weighted by atomic mass is 10.2. The minimum atomic E-state index is -3.39. The van der Waals surface area contributed by atoms with Crippen LogP contribution in [0.25, 0.3) is 0 Å². The smallest absolute Gasteiger partial charge is 0.242 e. The summed E-state index contributed by atoms with van der Waals surface area (Å²) < 4.78 is 27.8. The summed E-state index contributed by atoms with van der Waals surface area (Å²) in [5, 5.41) is 5.36. The molecule has 0 radical (unpaired) electrons. The quantitative estimate of drug-likeness (QED) is 0.838. The van der Waals surface area contributed by atoms with Crippen molar-refractivity contribution < 1.29 is 8.42 Å². The molecule has 2 N–H and O–H groups in total. The molecule has 1 saturated heterocycles. The summed E-state index contributed by atoms with van der Waals surface area (Å²) in [4.78, 5) is 1.35. The van der Waals surface area contributed by atoms with E-state index in [2.05, 4.69) is 10.0 Å². The summed E-state index contributed by atoms with van der Waals surface area (Å²) in [5.41, 5.74) is 0.837. The second kappa shape index (κ2) is 7.26. The van der Waals surface area contributed by atoms with Crippen LogP contribution in [-0.2, 0) is 16.6 Å². The molecule has 0 bridgehead atoms. The van der Waals surface area contributed by atoms with E-state index in [1.165, 1.54) is 24.2 Å². The number of hydrogen-bond donors (Lipinski definition) is 2. The van der Waals surface area contributed by atoms with E-state index in [-0.39, 0.29) is 0 Å². The highest BCUT2D eigenvalue weighted by Crippen LogP contribution is 2.28. The first kappa shape index (κ1) is 16.3. The summed E-state index contributed by atoms with van der Waals surface area (Å²) in [6.07, 6.45) is 3.57. The van der Waals surface area contributed by atoms with Crippen molar-refractivity contribution in [1.29, 1.82) is 0 Å². The average Bonchev–Trinajstić information content (AvgIpc) is 2.80. The molecule has 0 saturated carbocycles. The van der Waals surface area contributed by atoms with Gasteiger partial charge in [-0.3, -0.25) is 0 Å². The molecule has 114 valence electrons. The van der Waals surface area contributed by atoms with Crippen molar-refractivity contribution in [2.24, 2.45) is 0 Å². The molecule has 0 amide bonds. The number of thiophene rings is 1. The molecule has 0 aromatic carbocycles. The molecule has 7 heteroatoms. The molecule has 4 nitrogen and oxygen atoms in total. The molecule has 2 rings (SSSR count). The number of hydrogen-bond acceptors (Lipinski definition) is 5. The molecule has 1 fully saturated rings. The van der Waals surface area contributed by atoms with Gasteiger partial charge in [0.2, 0.25) is 10.0 Å². The van der Waals surface area contributed by atoms with Gasteiger partial charge in [0.15, 0.2) is 0 Å². The molecular formula is C13H22N2O2S3. The molecule has 1 aliphatic heterocycles. The maximum Gasteiger partial charge on any atom is 0.242 e. The number of sulfonamides is 1. The molecule has 1 unspecified atom stereocenters. The lowest BCUT2D eigenvalue weighted by Crippen LogP contribution is -2.32. The third-order valence-electron chi connectivity index (χ3n) is 3.37. The fourth-order valence-corrected chi connectivity index (χ4v) is 6.62. The molecular weight excluding hydrogens is 312 g/mol. The van der Waals surface area contributed by atoms with Gasteiger partial charge in [0, 0.05) is 23.2 Å². The van der Waals surface area contributed by atoms with Gasteiger partial charge < -0.3 is 5.32 Å². The second-order valence-electron chi connectivity index (χ2n) is 5.04. The number of aryl methyl sites for hydroxylation is 1. The van der Waals surface area contributed by atoms with Crippen molar-refractivity contribution in [2.75, 3.05) is 19.3 Å². The fraction of sp³-hybridized carbons (Fsp3) is 0.692. The van der Waals surface area contributed by atoms with E-state index in [1.807, 2.05) is 31.1 Å². The molecule has 1 atom stereocenters. The Morgan fingerprint density at radius 3 is 2.85 bits per heavy atom. The number of rotatable bonds is 6. The average molecular weight is 335 g/mol. The zero-order valence-corrected chi connectivity index (χ0v) is 14.4. The zero-order valence-electron chi connectivity index (χ0n) is 11.9. The number of thioether (sulfide) groups is 1. The SMILES string of the molecule is CNCc1scc(C)c1S(=O)(=O)NCC1CCCCS1. The summed E-state index contributed by atoms with van der Waals surface area (Å²) in [6.45, 7) is 2.99. The molecule has 0 aliphatic carbocycles. The maximum absolute atomic E-state index is 12.5. The van der Waals surface area contributed by atoms with Crippen LogP contribution in [0.2, 0.25) is 0 Å². The Morgan fingerprint density at radius 1 is 1.40 bits per heavy atom. The van der Waals surface area contributed by atoms with Crippen molar-refractivity contribution in [2.45, 2.75) is 42.9 Å². The predicted octanol–water partition coefficient (Wildman–Crippen LogP) is 2.34. The van der Waals surface area contributed by atoms with Crippen LogP contribution in [0, 0.1) is 6.92 Å². The van der Waals surface area contributed by atoms with Gasteiger partial charge in [-0.2, -0.15) is 11.8 Å². The van der Waals surface area contributed by atoms with Gasteiger partial charge in [-0.1, -0.05) is 6.42 Å². The standard InChI is InChI=1S/C13H22N2O2S3/c1-10-9-19-12(8-14-2)13(10)20(16,17)15-7-11-5-3-4-6-18-11/h9,11,14-15H,3-8H2,1-2H3. The van der Waals surface area contributed by atoms with E-state index in [4.69, 9.17) is 0 Å². The van der Waals surface area contributed by atoms with E-state index in [9.17, 15) is 8.42 Å². The van der Waals surface area contributed by atoms with Gasteiger partial charge in [0.25, 0.3) is 0 Å². The Balaban J connectivity index is 2.07. The minimum Gasteiger partial charge on any atom is -0.315 e. The molecule has 1 aromatic rings. The van der Waals surface area contributed by atoms with Crippen LogP contribution in [0.3, 0.4) is 0 Å². The Kier molecular flexibility index (Phi) is 5.92. The monoisotopic (exact) mass is 334 g/mol. The largest absolute Gasteiger partial charge is 0.315 e. The Hall–Kier alpha value is -0.0800. The van der Waals surface area contributed by atoms with Crippen LogP contribution in [0.1, 0.15) is 29.7 Å².